The van der Waals surface area contributed by atoms with Gasteiger partial charge in [0.15, 0.2) is 0 Å². The summed E-state index contributed by atoms with van der Waals surface area (Å²) in [5, 5.41) is 5.75. The maximum atomic E-state index is 12.1. The van der Waals surface area contributed by atoms with Gasteiger partial charge in [0, 0.05) is 12.2 Å². The summed E-state index contributed by atoms with van der Waals surface area (Å²) in [6.45, 7) is 5.55. The first-order chi connectivity index (χ1) is 9.66. The van der Waals surface area contributed by atoms with E-state index in [0.717, 1.165) is 11.3 Å². The van der Waals surface area contributed by atoms with Gasteiger partial charge in [0.2, 0.25) is 15.9 Å². The third-order valence-electron chi connectivity index (χ3n) is 3.04. The van der Waals surface area contributed by atoms with E-state index in [1.54, 1.807) is 13.8 Å². The summed E-state index contributed by atoms with van der Waals surface area (Å²) in [6, 6.07) is 7.71. The molecule has 0 aliphatic rings. The summed E-state index contributed by atoms with van der Waals surface area (Å²) in [5.74, 6) is -0.398. The lowest BCUT2D eigenvalue weighted by atomic mass is 10.0. The fraction of sp³-hybridized carbons (Fsp3) is 0.500. The normalized spacial score (nSPS) is 12.0. The van der Waals surface area contributed by atoms with Crippen LogP contribution in [-0.2, 0) is 14.8 Å². The number of carbonyl (C=O) groups is 1. The average molecular weight is 313 g/mol. The van der Waals surface area contributed by atoms with Crippen LogP contribution in [0.25, 0.3) is 0 Å². The van der Waals surface area contributed by atoms with E-state index in [1.807, 2.05) is 31.2 Å². The highest BCUT2D eigenvalue weighted by atomic mass is 32.2. The lowest BCUT2D eigenvalue weighted by Crippen LogP contribution is -2.49. The highest BCUT2D eigenvalue weighted by Crippen LogP contribution is 2.15. The Morgan fingerprint density at radius 2 is 1.76 bits per heavy atom. The van der Waals surface area contributed by atoms with E-state index in [0.29, 0.717) is 0 Å². The standard InChI is InChI=1S/C14H23N3O3S/c1-11-5-7-12(8-6-11)17-14(2,3)13(18)16-9-10-21(19,20)15-4/h5-8,15,17H,9-10H2,1-4H3,(H,16,18). The molecule has 0 atom stereocenters. The van der Waals surface area contributed by atoms with Crippen molar-refractivity contribution in [2.45, 2.75) is 26.3 Å². The molecule has 1 aromatic rings. The Kier molecular flexibility index (Phi) is 5.74. The highest BCUT2D eigenvalue weighted by molar-refractivity contribution is 7.89. The van der Waals surface area contributed by atoms with Crippen LogP contribution in [0.3, 0.4) is 0 Å². The van der Waals surface area contributed by atoms with Gasteiger partial charge in [0.1, 0.15) is 5.54 Å². The summed E-state index contributed by atoms with van der Waals surface area (Å²) >= 11 is 0. The largest absolute Gasteiger partial charge is 0.372 e. The van der Waals surface area contributed by atoms with Crippen LogP contribution in [0.2, 0.25) is 0 Å². The van der Waals surface area contributed by atoms with E-state index in [4.69, 9.17) is 0 Å². The number of hydrogen-bond acceptors (Lipinski definition) is 4. The maximum Gasteiger partial charge on any atom is 0.245 e. The van der Waals surface area contributed by atoms with Gasteiger partial charge in [0.25, 0.3) is 0 Å². The van der Waals surface area contributed by atoms with Crippen molar-refractivity contribution < 1.29 is 13.2 Å². The van der Waals surface area contributed by atoms with E-state index >= 15 is 0 Å². The fourth-order valence-electron chi connectivity index (χ4n) is 1.68. The number of benzene rings is 1. The number of anilines is 1. The maximum absolute atomic E-state index is 12.1. The summed E-state index contributed by atoms with van der Waals surface area (Å²) in [4.78, 5) is 12.1. The number of amides is 1. The molecule has 3 N–H and O–H groups in total. The Morgan fingerprint density at radius 1 is 1.19 bits per heavy atom. The van der Waals surface area contributed by atoms with Crippen molar-refractivity contribution >= 4 is 21.6 Å². The van der Waals surface area contributed by atoms with Crippen LogP contribution >= 0.6 is 0 Å². The van der Waals surface area contributed by atoms with E-state index in [-0.39, 0.29) is 18.2 Å². The Bertz CT molecular complexity index is 580. The second kappa shape index (κ2) is 6.91. The second-order valence-electron chi connectivity index (χ2n) is 5.39. The van der Waals surface area contributed by atoms with Crippen molar-refractivity contribution in [3.63, 3.8) is 0 Å². The van der Waals surface area contributed by atoms with Crippen LogP contribution < -0.4 is 15.4 Å². The zero-order valence-corrected chi connectivity index (χ0v) is 13.7. The number of aryl methyl sites for hydroxylation is 1. The Balaban J connectivity index is 2.57. The Labute approximate surface area is 126 Å². The van der Waals surface area contributed by atoms with Gasteiger partial charge in [-0.3, -0.25) is 4.79 Å². The molecule has 1 rings (SSSR count). The molecule has 118 valence electrons. The number of sulfonamides is 1. The van der Waals surface area contributed by atoms with Crippen molar-refractivity contribution in [2.24, 2.45) is 0 Å². The van der Waals surface area contributed by atoms with E-state index in [9.17, 15) is 13.2 Å². The van der Waals surface area contributed by atoms with Gasteiger partial charge in [-0.2, -0.15) is 0 Å². The monoisotopic (exact) mass is 313 g/mol. The van der Waals surface area contributed by atoms with Crippen LogP contribution in [0.1, 0.15) is 19.4 Å². The first kappa shape index (κ1) is 17.5. The van der Waals surface area contributed by atoms with Crippen molar-refractivity contribution in [2.75, 3.05) is 24.7 Å². The molecule has 1 amide bonds. The van der Waals surface area contributed by atoms with Gasteiger partial charge < -0.3 is 10.6 Å². The highest BCUT2D eigenvalue weighted by Gasteiger charge is 2.27. The van der Waals surface area contributed by atoms with Crippen molar-refractivity contribution in [3.8, 4) is 0 Å². The number of nitrogens with one attached hydrogen (secondary N) is 3. The molecule has 0 radical (unpaired) electrons. The summed E-state index contributed by atoms with van der Waals surface area (Å²) in [7, 11) is -1.96. The molecule has 6 nitrogen and oxygen atoms in total. The van der Waals surface area contributed by atoms with Crippen LogP contribution in [0.5, 0.6) is 0 Å². The molecule has 0 aliphatic carbocycles. The third-order valence-corrected chi connectivity index (χ3v) is 4.41. The molecule has 1 aromatic carbocycles. The summed E-state index contributed by atoms with van der Waals surface area (Å²) in [5.41, 5.74) is 1.14. The SMILES string of the molecule is CNS(=O)(=O)CCNC(=O)C(C)(C)Nc1ccc(C)cc1. The van der Waals surface area contributed by atoms with E-state index < -0.39 is 15.6 Å². The van der Waals surface area contributed by atoms with Gasteiger partial charge in [0.05, 0.1) is 5.75 Å². The molecule has 0 aromatic heterocycles. The Hall–Kier alpha value is -1.60. The van der Waals surface area contributed by atoms with Crippen molar-refractivity contribution in [3.05, 3.63) is 29.8 Å². The average Bonchev–Trinajstić information content (AvgIpc) is 2.41. The van der Waals surface area contributed by atoms with Crippen molar-refractivity contribution in [1.82, 2.24) is 10.0 Å². The van der Waals surface area contributed by atoms with Gasteiger partial charge in [-0.15, -0.1) is 0 Å². The number of rotatable bonds is 7. The van der Waals surface area contributed by atoms with Crippen LogP contribution in [0, 0.1) is 6.92 Å². The van der Waals surface area contributed by atoms with Gasteiger partial charge >= 0.3 is 0 Å². The zero-order valence-electron chi connectivity index (χ0n) is 12.9. The van der Waals surface area contributed by atoms with Crippen molar-refractivity contribution in [1.29, 1.82) is 0 Å². The quantitative estimate of drug-likeness (QED) is 0.696. The lowest BCUT2D eigenvalue weighted by molar-refractivity contribution is -0.124. The summed E-state index contributed by atoms with van der Waals surface area (Å²) < 4.78 is 24.8. The van der Waals surface area contributed by atoms with E-state index in [1.165, 1.54) is 7.05 Å². The molecular weight excluding hydrogens is 290 g/mol. The topological polar surface area (TPSA) is 87.3 Å². The van der Waals surface area contributed by atoms with Gasteiger partial charge in [-0.25, -0.2) is 13.1 Å². The Morgan fingerprint density at radius 3 is 2.29 bits per heavy atom. The zero-order chi connectivity index (χ0) is 16.1. The number of carbonyl (C=O) groups excluding carboxylic acids is 1. The molecule has 0 aliphatic heterocycles. The molecule has 0 spiro atoms. The van der Waals surface area contributed by atoms with Crippen LogP contribution in [-0.4, -0.2) is 39.2 Å². The predicted octanol–water partition coefficient (Wildman–Crippen LogP) is 0.851. The molecule has 0 unspecified atom stereocenters. The molecule has 0 saturated carbocycles. The minimum atomic E-state index is -3.31. The first-order valence-electron chi connectivity index (χ1n) is 6.71. The molecule has 0 fully saturated rings. The van der Waals surface area contributed by atoms with Gasteiger partial charge in [-0.1, -0.05) is 17.7 Å². The summed E-state index contributed by atoms with van der Waals surface area (Å²) in [6.07, 6.45) is 0. The predicted molar refractivity (Wildman–Crippen MR) is 84.7 cm³/mol. The van der Waals surface area contributed by atoms with Gasteiger partial charge in [-0.05, 0) is 40.0 Å². The molecular formula is C14H23N3O3S. The lowest BCUT2D eigenvalue weighted by Gasteiger charge is -2.26. The first-order valence-corrected chi connectivity index (χ1v) is 8.36. The molecule has 0 bridgehead atoms. The minimum absolute atomic E-state index is 0.0705. The molecule has 7 heteroatoms. The molecule has 0 saturated heterocycles. The molecule has 21 heavy (non-hydrogen) atoms. The number of hydrogen-bond donors (Lipinski definition) is 3. The van der Waals surface area contributed by atoms with Crippen LogP contribution in [0.4, 0.5) is 5.69 Å². The molecule has 0 heterocycles. The third kappa shape index (κ3) is 5.73. The minimum Gasteiger partial charge on any atom is -0.372 e. The van der Waals surface area contributed by atoms with E-state index in [2.05, 4.69) is 15.4 Å². The van der Waals surface area contributed by atoms with Crippen LogP contribution in [0.15, 0.2) is 24.3 Å². The fourth-order valence-corrected chi connectivity index (χ4v) is 2.25. The second-order valence-corrected chi connectivity index (χ2v) is 7.44. The smallest absolute Gasteiger partial charge is 0.245 e.